The van der Waals surface area contributed by atoms with Gasteiger partial charge < -0.3 is 11.1 Å². The average Bonchev–Trinajstić information content (AvgIpc) is 2.89. The first kappa shape index (κ1) is 15.8. The Bertz CT molecular complexity index is 709. The van der Waals surface area contributed by atoms with Crippen LogP contribution in [0.3, 0.4) is 0 Å². The molecule has 2 atom stereocenters. The highest BCUT2D eigenvalue weighted by Crippen LogP contribution is 2.38. The third kappa shape index (κ3) is 3.15. The number of rotatable bonds is 5. The third-order valence-electron chi connectivity index (χ3n) is 4.75. The van der Waals surface area contributed by atoms with E-state index in [2.05, 4.69) is 48.6 Å². The lowest BCUT2D eigenvalue weighted by atomic mass is 9.91. The molecule has 0 saturated heterocycles. The van der Waals surface area contributed by atoms with Crippen molar-refractivity contribution in [3.8, 4) is 0 Å². The van der Waals surface area contributed by atoms with E-state index in [4.69, 9.17) is 5.73 Å². The fourth-order valence-electron chi connectivity index (χ4n) is 3.39. The Labute approximate surface area is 137 Å². The molecule has 1 aliphatic heterocycles. The number of fused-ring (bicyclic) bond motifs is 1. The fourth-order valence-corrected chi connectivity index (χ4v) is 3.39. The molecular formula is C20H24N2O. The number of hydrogen-bond acceptors (Lipinski definition) is 2. The first-order chi connectivity index (χ1) is 11.1. The largest absolute Gasteiger partial charge is 0.325 e. The van der Waals surface area contributed by atoms with E-state index in [-0.39, 0.29) is 17.9 Å². The standard InChI is InChI=1S/C20H24N2O/c1-3-16-17-12-15(11-13(2)19(17)22-20(16)23)18(21)10-9-14-7-5-4-6-8-14/h4-8,11-12,16,18H,3,9-10,21H2,1-2H3,(H,22,23). The van der Waals surface area contributed by atoms with Crippen LogP contribution in [-0.4, -0.2) is 5.91 Å². The second-order valence-electron chi connectivity index (χ2n) is 6.38. The minimum atomic E-state index is -0.0371. The van der Waals surface area contributed by atoms with Crippen LogP contribution in [0.15, 0.2) is 42.5 Å². The molecule has 3 heteroatoms. The number of anilines is 1. The van der Waals surface area contributed by atoms with Crippen LogP contribution in [0.2, 0.25) is 0 Å². The van der Waals surface area contributed by atoms with Crippen molar-refractivity contribution in [2.24, 2.45) is 5.73 Å². The lowest BCUT2D eigenvalue weighted by molar-refractivity contribution is -0.117. The molecule has 3 N–H and O–H groups in total. The first-order valence-electron chi connectivity index (χ1n) is 8.35. The highest BCUT2D eigenvalue weighted by Gasteiger charge is 2.30. The van der Waals surface area contributed by atoms with Crippen LogP contribution >= 0.6 is 0 Å². The highest BCUT2D eigenvalue weighted by atomic mass is 16.2. The molecule has 23 heavy (non-hydrogen) atoms. The van der Waals surface area contributed by atoms with E-state index >= 15 is 0 Å². The maximum atomic E-state index is 12.1. The van der Waals surface area contributed by atoms with Crippen LogP contribution in [0.4, 0.5) is 5.69 Å². The molecule has 2 aromatic rings. The summed E-state index contributed by atoms with van der Waals surface area (Å²) in [4.78, 5) is 12.1. The lowest BCUT2D eigenvalue weighted by Crippen LogP contribution is -2.12. The molecule has 0 aliphatic carbocycles. The molecule has 3 nitrogen and oxygen atoms in total. The Morgan fingerprint density at radius 3 is 2.65 bits per heavy atom. The van der Waals surface area contributed by atoms with Gasteiger partial charge in [-0.3, -0.25) is 4.79 Å². The molecule has 0 bridgehead atoms. The first-order valence-corrected chi connectivity index (χ1v) is 8.35. The van der Waals surface area contributed by atoms with Gasteiger partial charge in [0, 0.05) is 11.7 Å². The molecular weight excluding hydrogens is 284 g/mol. The van der Waals surface area contributed by atoms with E-state index in [1.54, 1.807) is 0 Å². The number of nitrogens with two attached hydrogens (primary N) is 1. The van der Waals surface area contributed by atoms with Gasteiger partial charge >= 0.3 is 0 Å². The topological polar surface area (TPSA) is 55.1 Å². The van der Waals surface area contributed by atoms with E-state index in [9.17, 15) is 4.79 Å². The van der Waals surface area contributed by atoms with Crippen LogP contribution in [0.1, 0.15) is 54.0 Å². The summed E-state index contributed by atoms with van der Waals surface area (Å²) in [6.45, 7) is 4.10. The molecule has 0 radical (unpaired) electrons. The maximum absolute atomic E-state index is 12.1. The Morgan fingerprint density at radius 2 is 1.96 bits per heavy atom. The Balaban J connectivity index is 1.79. The Morgan fingerprint density at radius 1 is 1.22 bits per heavy atom. The number of benzene rings is 2. The molecule has 0 saturated carbocycles. The quantitative estimate of drug-likeness (QED) is 0.874. The van der Waals surface area contributed by atoms with Gasteiger partial charge in [-0.1, -0.05) is 49.4 Å². The predicted molar refractivity (Wildman–Crippen MR) is 94.5 cm³/mol. The number of amides is 1. The second-order valence-corrected chi connectivity index (χ2v) is 6.38. The van der Waals surface area contributed by atoms with E-state index in [1.807, 2.05) is 13.0 Å². The van der Waals surface area contributed by atoms with Gasteiger partial charge in [0.2, 0.25) is 5.91 Å². The normalized spacial score (nSPS) is 17.7. The summed E-state index contributed by atoms with van der Waals surface area (Å²) in [7, 11) is 0. The van der Waals surface area contributed by atoms with Gasteiger partial charge in [0.25, 0.3) is 0 Å². The van der Waals surface area contributed by atoms with E-state index in [0.29, 0.717) is 0 Å². The second kappa shape index (κ2) is 6.55. The van der Waals surface area contributed by atoms with Crippen molar-refractivity contribution < 1.29 is 4.79 Å². The van der Waals surface area contributed by atoms with E-state index < -0.39 is 0 Å². The monoisotopic (exact) mass is 308 g/mol. The van der Waals surface area contributed by atoms with Crippen LogP contribution in [0, 0.1) is 6.92 Å². The van der Waals surface area contributed by atoms with Crippen molar-refractivity contribution in [2.45, 2.75) is 45.1 Å². The molecule has 1 amide bonds. The van der Waals surface area contributed by atoms with E-state index in [1.165, 1.54) is 5.56 Å². The smallest absolute Gasteiger partial charge is 0.232 e. The van der Waals surface area contributed by atoms with Gasteiger partial charge in [0.05, 0.1) is 5.92 Å². The summed E-state index contributed by atoms with van der Waals surface area (Å²) in [5.74, 6) is 0.0746. The molecule has 1 aliphatic rings. The summed E-state index contributed by atoms with van der Waals surface area (Å²) >= 11 is 0. The summed E-state index contributed by atoms with van der Waals surface area (Å²) < 4.78 is 0. The van der Waals surface area contributed by atoms with Gasteiger partial charge in [0.1, 0.15) is 0 Å². The minimum absolute atomic E-state index is 0.00702. The van der Waals surface area contributed by atoms with E-state index in [0.717, 1.165) is 41.6 Å². The fraction of sp³-hybridized carbons (Fsp3) is 0.350. The molecule has 1 heterocycles. The van der Waals surface area contributed by atoms with Crippen LogP contribution in [-0.2, 0) is 11.2 Å². The highest BCUT2D eigenvalue weighted by molar-refractivity contribution is 6.03. The number of aryl methyl sites for hydroxylation is 2. The third-order valence-corrected chi connectivity index (χ3v) is 4.75. The molecule has 0 aromatic heterocycles. The van der Waals surface area contributed by atoms with Crippen molar-refractivity contribution in [1.82, 2.24) is 0 Å². The molecule has 2 aromatic carbocycles. The van der Waals surface area contributed by atoms with Crippen LogP contribution in [0.5, 0.6) is 0 Å². The Kier molecular flexibility index (Phi) is 4.49. The predicted octanol–water partition coefficient (Wildman–Crippen LogP) is 4.07. The zero-order valence-electron chi connectivity index (χ0n) is 13.8. The summed E-state index contributed by atoms with van der Waals surface area (Å²) in [6.07, 6.45) is 2.69. The number of carbonyl (C=O) groups excluding carboxylic acids is 1. The molecule has 3 rings (SSSR count). The summed E-state index contributed by atoms with van der Waals surface area (Å²) in [6, 6.07) is 14.7. The maximum Gasteiger partial charge on any atom is 0.232 e. The van der Waals surface area contributed by atoms with Crippen molar-refractivity contribution in [3.05, 3.63) is 64.7 Å². The zero-order valence-corrected chi connectivity index (χ0v) is 13.8. The number of nitrogens with one attached hydrogen (secondary N) is 1. The SMILES string of the molecule is CCC1C(=O)Nc2c(C)cc(C(N)CCc3ccccc3)cc21. The van der Waals surface area contributed by atoms with Crippen molar-refractivity contribution in [3.63, 3.8) is 0 Å². The molecule has 0 spiro atoms. The van der Waals surface area contributed by atoms with Crippen molar-refractivity contribution in [1.29, 1.82) is 0 Å². The molecule has 2 unspecified atom stereocenters. The number of carbonyl (C=O) groups is 1. The molecule has 120 valence electrons. The van der Waals surface area contributed by atoms with Crippen molar-refractivity contribution in [2.75, 3.05) is 5.32 Å². The van der Waals surface area contributed by atoms with Gasteiger partial charge in [-0.25, -0.2) is 0 Å². The zero-order chi connectivity index (χ0) is 16.4. The Hall–Kier alpha value is -2.13. The lowest BCUT2D eigenvalue weighted by Gasteiger charge is -2.16. The van der Waals surface area contributed by atoms with Crippen LogP contribution < -0.4 is 11.1 Å². The minimum Gasteiger partial charge on any atom is -0.325 e. The van der Waals surface area contributed by atoms with Gasteiger partial charge in [-0.05, 0) is 48.4 Å². The summed E-state index contributed by atoms with van der Waals surface area (Å²) in [5.41, 5.74) is 12.1. The number of hydrogen-bond donors (Lipinski definition) is 2. The van der Waals surface area contributed by atoms with Crippen LogP contribution in [0.25, 0.3) is 0 Å². The molecule has 0 fully saturated rings. The van der Waals surface area contributed by atoms with Gasteiger partial charge in [0.15, 0.2) is 0 Å². The average molecular weight is 308 g/mol. The van der Waals surface area contributed by atoms with Gasteiger partial charge in [-0.15, -0.1) is 0 Å². The summed E-state index contributed by atoms with van der Waals surface area (Å²) in [5, 5.41) is 3.01. The van der Waals surface area contributed by atoms with Gasteiger partial charge in [-0.2, -0.15) is 0 Å². The van der Waals surface area contributed by atoms with Crippen molar-refractivity contribution >= 4 is 11.6 Å².